The monoisotopic (exact) mass is 335 g/mol. The van der Waals surface area contributed by atoms with Crippen LogP contribution in [0.5, 0.6) is 0 Å². The summed E-state index contributed by atoms with van der Waals surface area (Å²) in [5, 5.41) is 12.3. The number of rotatable bonds is 6. The highest BCUT2D eigenvalue weighted by molar-refractivity contribution is 5.83. The largest absolute Gasteiger partial charge is 0.436 e. The lowest BCUT2D eigenvalue weighted by Crippen LogP contribution is -2.43. The second-order valence-corrected chi connectivity index (χ2v) is 5.48. The van der Waals surface area contributed by atoms with Crippen LogP contribution in [0.25, 0.3) is 0 Å². The zero-order valence-electron chi connectivity index (χ0n) is 12.6. The molecule has 1 saturated carbocycles. The minimum atomic E-state index is -4.55. The van der Waals surface area contributed by atoms with Gasteiger partial charge in [0.05, 0.1) is 6.07 Å². The topological polar surface area (TPSA) is 91.2 Å². The van der Waals surface area contributed by atoms with E-state index in [9.17, 15) is 22.8 Å². The van der Waals surface area contributed by atoms with E-state index in [2.05, 4.69) is 5.32 Å². The Morgan fingerprint density at radius 1 is 1.22 bits per heavy atom. The number of carbonyl (C=O) groups excluding carboxylic acids is 2. The van der Waals surface area contributed by atoms with Crippen molar-refractivity contribution in [3.63, 3.8) is 0 Å². The van der Waals surface area contributed by atoms with E-state index in [0.29, 0.717) is 0 Å². The number of alkyl carbamates (subject to hydrolysis) is 1. The first-order valence-corrected chi connectivity index (χ1v) is 7.47. The third-order valence-electron chi connectivity index (χ3n) is 3.59. The van der Waals surface area contributed by atoms with Crippen LogP contribution < -0.4 is 10.6 Å². The molecule has 0 aliphatic heterocycles. The maximum Gasteiger partial charge on any atom is 0.408 e. The number of amides is 2. The van der Waals surface area contributed by atoms with Gasteiger partial charge in [0.25, 0.3) is 5.91 Å². The van der Waals surface area contributed by atoms with E-state index < -0.39 is 30.8 Å². The van der Waals surface area contributed by atoms with Crippen LogP contribution in [0.2, 0.25) is 0 Å². The van der Waals surface area contributed by atoms with Gasteiger partial charge in [-0.05, 0) is 12.3 Å². The minimum absolute atomic E-state index is 0.178. The highest BCUT2D eigenvalue weighted by Crippen LogP contribution is 2.28. The Hall–Kier alpha value is -1.98. The number of alkyl halides is 3. The zero-order valence-corrected chi connectivity index (χ0v) is 12.6. The van der Waals surface area contributed by atoms with Crippen molar-refractivity contribution in [3.8, 4) is 6.07 Å². The van der Waals surface area contributed by atoms with Crippen molar-refractivity contribution in [1.82, 2.24) is 10.6 Å². The molecule has 1 fully saturated rings. The summed E-state index contributed by atoms with van der Waals surface area (Å²) in [5.74, 6) is -0.490. The molecule has 2 amide bonds. The fourth-order valence-corrected chi connectivity index (χ4v) is 2.52. The van der Waals surface area contributed by atoms with Crippen LogP contribution in [0.4, 0.5) is 18.0 Å². The molecule has 2 N–H and O–H groups in total. The molecule has 0 radical (unpaired) electrons. The van der Waals surface area contributed by atoms with Crippen molar-refractivity contribution in [2.45, 2.75) is 50.8 Å². The normalized spacial score (nSPS) is 17.0. The maximum atomic E-state index is 12.1. The van der Waals surface area contributed by atoms with E-state index in [4.69, 9.17) is 10.00 Å². The molecule has 0 saturated heterocycles. The van der Waals surface area contributed by atoms with Crippen LogP contribution in [0.15, 0.2) is 0 Å². The predicted molar refractivity (Wildman–Crippen MR) is 74.1 cm³/mol. The summed E-state index contributed by atoms with van der Waals surface area (Å²) in [4.78, 5) is 23.4. The summed E-state index contributed by atoms with van der Waals surface area (Å²) < 4.78 is 41.0. The highest BCUT2D eigenvalue weighted by atomic mass is 19.4. The van der Waals surface area contributed by atoms with Crippen LogP contribution >= 0.6 is 0 Å². The molecule has 0 aromatic carbocycles. The Morgan fingerprint density at radius 3 is 2.43 bits per heavy atom. The summed E-state index contributed by atoms with van der Waals surface area (Å²) in [6, 6.07) is 1.72. The molecule has 0 heterocycles. The second-order valence-electron chi connectivity index (χ2n) is 5.48. The molecular formula is C14H20F3N3O3. The lowest BCUT2D eigenvalue weighted by atomic mass is 9.85. The smallest absolute Gasteiger partial charge is 0.408 e. The van der Waals surface area contributed by atoms with Crippen molar-refractivity contribution in [1.29, 1.82) is 5.26 Å². The Bertz CT molecular complexity index is 443. The van der Waals surface area contributed by atoms with Gasteiger partial charge in [-0.15, -0.1) is 0 Å². The number of halogens is 3. The van der Waals surface area contributed by atoms with Gasteiger partial charge in [-0.25, -0.2) is 4.79 Å². The number of hydrogen-bond donors (Lipinski definition) is 2. The quantitative estimate of drug-likeness (QED) is 0.728. The van der Waals surface area contributed by atoms with Gasteiger partial charge in [0, 0.05) is 0 Å². The summed E-state index contributed by atoms with van der Waals surface area (Å²) >= 11 is 0. The molecule has 1 rings (SSSR count). The molecule has 1 atom stereocenters. The molecule has 130 valence electrons. The van der Waals surface area contributed by atoms with E-state index >= 15 is 0 Å². The lowest BCUT2D eigenvalue weighted by Gasteiger charge is -2.25. The Morgan fingerprint density at radius 2 is 1.87 bits per heavy atom. The third kappa shape index (κ3) is 8.28. The summed E-state index contributed by atoms with van der Waals surface area (Å²) in [6.07, 6.45) is -1.90. The Labute approximate surface area is 132 Å². The van der Waals surface area contributed by atoms with E-state index in [1.165, 1.54) is 0 Å². The SMILES string of the molecule is N#CCNC(=O)[C@H](CC1CCCCC1)OC(=O)NCC(F)(F)F. The average Bonchev–Trinajstić information content (AvgIpc) is 2.50. The molecule has 0 aromatic heterocycles. The summed E-state index contributed by atoms with van der Waals surface area (Å²) in [5.41, 5.74) is 0. The van der Waals surface area contributed by atoms with Crippen LogP contribution in [-0.2, 0) is 9.53 Å². The standard InChI is InChI=1S/C14H20F3N3O3/c15-14(16,17)9-20-13(22)23-11(12(21)19-7-6-18)8-10-4-2-1-3-5-10/h10-11H,1-5,7-9H2,(H,19,21)(H,20,22)/t11-/m0/s1. The second kappa shape index (κ2) is 9.22. The minimum Gasteiger partial charge on any atom is -0.436 e. The molecule has 1 aliphatic carbocycles. The summed E-state index contributed by atoms with van der Waals surface area (Å²) in [6.45, 7) is -1.78. The van der Waals surface area contributed by atoms with Gasteiger partial charge < -0.3 is 15.4 Å². The molecule has 0 bridgehead atoms. The Kier molecular flexibility index (Phi) is 7.65. The van der Waals surface area contributed by atoms with Gasteiger partial charge in [0.2, 0.25) is 0 Å². The Balaban J connectivity index is 2.57. The number of nitrogens with zero attached hydrogens (tertiary/aromatic N) is 1. The van der Waals surface area contributed by atoms with E-state index in [0.717, 1.165) is 32.1 Å². The lowest BCUT2D eigenvalue weighted by molar-refractivity contribution is -0.131. The molecule has 0 spiro atoms. The van der Waals surface area contributed by atoms with E-state index in [1.54, 1.807) is 11.4 Å². The molecule has 23 heavy (non-hydrogen) atoms. The number of nitrogens with one attached hydrogen (secondary N) is 2. The van der Waals surface area contributed by atoms with Gasteiger partial charge in [-0.2, -0.15) is 18.4 Å². The van der Waals surface area contributed by atoms with Gasteiger partial charge in [0.15, 0.2) is 6.10 Å². The first-order chi connectivity index (χ1) is 10.8. The van der Waals surface area contributed by atoms with E-state index in [1.807, 2.05) is 0 Å². The van der Waals surface area contributed by atoms with Crippen LogP contribution in [0.3, 0.4) is 0 Å². The number of nitriles is 1. The van der Waals surface area contributed by atoms with Gasteiger partial charge in [0.1, 0.15) is 13.1 Å². The van der Waals surface area contributed by atoms with Gasteiger partial charge in [-0.3, -0.25) is 4.79 Å². The van der Waals surface area contributed by atoms with Gasteiger partial charge in [-0.1, -0.05) is 32.1 Å². The zero-order chi connectivity index (χ0) is 17.3. The number of ether oxygens (including phenoxy) is 1. The molecule has 9 heteroatoms. The molecule has 0 unspecified atom stereocenters. The maximum absolute atomic E-state index is 12.1. The first kappa shape index (κ1) is 19.1. The van der Waals surface area contributed by atoms with Gasteiger partial charge >= 0.3 is 12.3 Å². The van der Waals surface area contributed by atoms with Crippen LogP contribution in [0, 0.1) is 17.2 Å². The average molecular weight is 335 g/mol. The molecule has 0 aromatic rings. The molecule has 1 aliphatic rings. The van der Waals surface area contributed by atoms with Crippen molar-refractivity contribution in [3.05, 3.63) is 0 Å². The first-order valence-electron chi connectivity index (χ1n) is 7.47. The molecule has 6 nitrogen and oxygen atoms in total. The molecular weight excluding hydrogens is 315 g/mol. The van der Waals surface area contributed by atoms with Crippen molar-refractivity contribution < 1.29 is 27.5 Å². The number of carbonyl (C=O) groups is 2. The van der Waals surface area contributed by atoms with Crippen molar-refractivity contribution in [2.75, 3.05) is 13.1 Å². The van der Waals surface area contributed by atoms with Crippen LogP contribution in [-0.4, -0.2) is 37.4 Å². The van der Waals surface area contributed by atoms with Crippen LogP contribution in [0.1, 0.15) is 38.5 Å². The third-order valence-corrected chi connectivity index (χ3v) is 3.59. The van der Waals surface area contributed by atoms with E-state index in [-0.39, 0.29) is 18.9 Å². The fraction of sp³-hybridized carbons (Fsp3) is 0.786. The predicted octanol–water partition coefficient (Wildman–Crippen LogP) is 2.25. The van der Waals surface area contributed by atoms with Crippen molar-refractivity contribution >= 4 is 12.0 Å². The highest BCUT2D eigenvalue weighted by Gasteiger charge is 2.31. The number of hydrogen-bond acceptors (Lipinski definition) is 4. The fourth-order valence-electron chi connectivity index (χ4n) is 2.52. The van der Waals surface area contributed by atoms with Crippen molar-refractivity contribution in [2.24, 2.45) is 5.92 Å². The summed E-state index contributed by atoms with van der Waals surface area (Å²) in [7, 11) is 0.